The molecule has 2 heterocycles. The highest BCUT2D eigenvalue weighted by molar-refractivity contribution is 5.44. The van der Waals surface area contributed by atoms with Crippen LogP contribution in [0, 0.1) is 0 Å². The molecule has 23 nitrogen and oxygen atoms in total. The molecule has 0 aliphatic carbocycles. The molecule has 0 unspecified atom stereocenters. The maximum Gasteiger partial charge on any atom is 0.123 e. The molecule has 0 fully saturated rings. The van der Waals surface area contributed by atoms with Crippen LogP contribution in [0.5, 0.6) is 69.0 Å². The number of methoxy groups -OCH3 is 8. The first kappa shape index (κ1) is 64.0. The molecule has 87 heavy (non-hydrogen) atoms. The normalized spacial score (nSPS) is 11.0. The Bertz CT molecular complexity index is 2910. The molecule has 8 aromatic rings. The molecule has 2 aromatic heterocycles. The third-order valence-corrected chi connectivity index (χ3v) is 13.0. The van der Waals surface area contributed by atoms with Crippen molar-refractivity contribution in [3.8, 4) is 69.0 Å². The van der Waals surface area contributed by atoms with Gasteiger partial charge in [-0.3, -0.25) is 0 Å². The molecule has 0 saturated heterocycles. The minimum Gasteiger partial charge on any atom is -0.497 e. The first-order chi connectivity index (χ1) is 42.6. The predicted molar refractivity (Wildman–Crippen MR) is 318 cm³/mol. The smallest absolute Gasteiger partial charge is 0.123 e. The SMILES string of the molecule is COc1cc(COc2cc(COCc3cn(CCOCCOCCOCCn4cc(COCc5cc(OCc6cc(OC)cc(OC)c6)cc(OCc6cc(OC)cc(OC)c6)c5)nn4)nn3)cc(OCc3cc(OC)cc(OC)c3)c2)cc(OC)c1. The highest BCUT2D eigenvalue weighted by Gasteiger charge is 2.13. The number of ether oxygens (including phenoxy) is 17. The van der Waals surface area contributed by atoms with E-state index in [4.69, 9.17) is 80.5 Å². The van der Waals surface area contributed by atoms with Crippen LogP contribution in [0.3, 0.4) is 0 Å². The molecule has 0 atom stereocenters. The highest BCUT2D eigenvalue weighted by atomic mass is 16.5. The minimum absolute atomic E-state index is 0.238. The highest BCUT2D eigenvalue weighted by Crippen LogP contribution is 2.32. The molecule has 8 rings (SSSR count). The van der Waals surface area contributed by atoms with Gasteiger partial charge in [0.05, 0.1) is 148 Å². The first-order valence-electron chi connectivity index (χ1n) is 28.0. The van der Waals surface area contributed by atoms with Crippen molar-refractivity contribution in [3.63, 3.8) is 0 Å². The van der Waals surface area contributed by atoms with Gasteiger partial charge in [-0.15, -0.1) is 10.2 Å². The second-order valence-electron chi connectivity index (χ2n) is 19.4. The lowest BCUT2D eigenvalue weighted by atomic mass is 10.2. The molecule has 0 spiro atoms. The van der Waals surface area contributed by atoms with Crippen molar-refractivity contribution in [2.24, 2.45) is 0 Å². The molecule has 0 aliphatic rings. The van der Waals surface area contributed by atoms with Crippen LogP contribution in [0.1, 0.15) is 44.8 Å². The summed E-state index contributed by atoms with van der Waals surface area (Å²) in [5.74, 6) is 7.71. The Labute approximate surface area is 506 Å². The molecule has 0 radical (unpaired) electrons. The fourth-order valence-corrected chi connectivity index (χ4v) is 8.66. The topological polar surface area (TPSA) is 218 Å². The summed E-state index contributed by atoms with van der Waals surface area (Å²) in [5, 5.41) is 17.1. The van der Waals surface area contributed by atoms with Crippen molar-refractivity contribution in [1.82, 2.24) is 30.0 Å². The van der Waals surface area contributed by atoms with Crippen LogP contribution in [0.2, 0.25) is 0 Å². The number of rotatable bonds is 40. The summed E-state index contributed by atoms with van der Waals surface area (Å²) in [6.07, 6.45) is 3.67. The number of nitrogens with zero attached hydrogens (tertiary/aromatic N) is 6. The molecule has 0 N–H and O–H groups in total. The summed E-state index contributed by atoms with van der Waals surface area (Å²) in [5.41, 5.74) is 6.53. The zero-order valence-corrected chi connectivity index (χ0v) is 50.5. The summed E-state index contributed by atoms with van der Waals surface area (Å²) >= 11 is 0. The zero-order chi connectivity index (χ0) is 61.0. The van der Waals surface area contributed by atoms with Crippen LogP contribution < -0.4 is 56.8 Å². The van der Waals surface area contributed by atoms with Gasteiger partial charge in [-0.2, -0.15) is 0 Å². The first-order valence-corrected chi connectivity index (χ1v) is 28.0. The van der Waals surface area contributed by atoms with E-state index in [0.717, 1.165) is 33.4 Å². The summed E-state index contributed by atoms with van der Waals surface area (Å²) in [6, 6.07) is 33.8. The molecule has 0 aliphatic heterocycles. The van der Waals surface area contributed by atoms with E-state index < -0.39 is 0 Å². The largest absolute Gasteiger partial charge is 0.497 e. The molecule has 0 saturated carbocycles. The summed E-state index contributed by atoms with van der Waals surface area (Å²) in [6.45, 7) is 5.60. The van der Waals surface area contributed by atoms with Crippen LogP contribution in [0.15, 0.2) is 122 Å². The van der Waals surface area contributed by atoms with Crippen molar-refractivity contribution in [1.29, 1.82) is 0 Å². The van der Waals surface area contributed by atoms with Crippen molar-refractivity contribution in [2.45, 2.75) is 65.9 Å². The average Bonchev–Trinajstić information content (AvgIpc) is 4.45. The number of aromatic nitrogens is 6. The van der Waals surface area contributed by atoms with Gasteiger partial charge < -0.3 is 80.5 Å². The summed E-state index contributed by atoms with van der Waals surface area (Å²) < 4.78 is 102. The number of hydrogen-bond donors (Lipinski definition) is 0. The van der Waals surface area contributed by atoms with E-state index in [0.29, 0.717) is 133 Å². The van der Waals surface area contributed by atoms with E-state index >= 15 is 0 Å². The third kappa shape index (κ3) is 21.2. The van der Waals surface area contributed by atoms with Gasteiger partial charge in [-0.25, -0.2) is 9.36 Å². The Morgan fingerprint density at radius 3 is 0.747 bits per heavy atom. The second-order valence-corrected chi connectivity index (χ2v) is 19.4. The van der Waals surface area contributed by atoms with Gasteiger partial charge in [0.1, 0.15) is 107 Å². The lowest BCUT2D eigenvalue weighted by Gasteiger charge is -2.14. The van der Waals surface area contributed by atoms with E-state index in [2.05, 4.69) is 20.6 Å². The molecular weight excluding hydrogens is 1120 g/mol. The zero-order valence-electron chi connectivity index (χ0n) is 50.5. The van der Waals surface area contributed by atoms with E-state index in [1.807, 2.05) is 122 Å². The van der Waals surface area contributed by atoms with Gasteiger partial charge in [0.25, 0.3) is 0 Å². The van der Waals surface area contributed by atoms with Gasteiger partial charge in [-0.1, -0.05) is 10.4 Å². The maximum atomic E-state index is 6.27. The Kier molecular flexibility index (Phi) is 25.2. The van der Waals surface area contributed by atoms with Crippen LogP contribution in [-0.4, -0.2) is 127 Å². The fraction of sp³-hybridized carbons (Fsp3) is 0.375. The van der Waals surface area contributed by atoms with Crippen LogP contribution in [0.4, 0.5) is 0 Å². The number of hydrogen-bond acceptors (Lipinski definition) is 21. The van der Waals surface area contributed by atoms with Crippen molar-refractivity contribution < 1.29 is 80.5 Å². The summed E-state index contributed by atoms with van der Waals surface area (Å²) in [4.78, 5) is 0. The maximum absolute atomic E-state index is 6.27. The fourth-order valence-electron chi connectivity index (χ4n) is 8.66. The Hall–Kier alpha value is -9.00. The van der Waals surface area contributed by atoms with Gasteiger partial charge in [-0.05, 0) is 106 Å². The monoisotopic (exact) mass is 1200 g/mol. The third-order valence-electron chi connectivity index (χ3n) is 13.0. The Balaban J connectivity index is 0.709. The molecular formula is C64H76N6O17. The van der Waals surface area contributed by atoms with Crippen molar-refractivity contribution in [2.75, 3.05) is 96.5 Å². The quantitative estimate of drug-likeness (QED) is 0.0327. The minimum atomic E-state index is 0.238. The molecule has 464 valence electrons. The Morgan fingerprint density at radius 2 is 0.483 bits per heavy atom. The molecule has 6 aromatic carbocycles. The van der Waals surface area contributed by atoms with E-state index in [-0.39, 0.29) is 52.9 Å². The lowest BCUT2D eigenvalue weighted by Crippen LogP contribution is -2.14. The standard InChI is InChI=1S/C64H76N6O17/c1-71-53-17-47(18-54(29-53)72-2)39-84-61-25-45(26-62(33-61)85-40-48-19-55(73-3)30-56(20-48)74-4)37-82-43-51-35-69(67-65-51)9-11-79-13-15-81-16-14-80-12-10-70-36-52(66-68-70)44-83-38-46-27-63(86-41-49-21-57(75-5)31-58(22-49)76-6)34-64(28-46)87-42-50-23-59(77-7)32-60(24-50)78-8/h17-36H,9-16,37-44H2,1-8H3. The van der Waals surface area contributed by atoms with E-state index in [9.17, 15) is 0 Å². The average molecular weight is 1200 g/mol. The number of benzene rings is 6. The van der Waals surface area contributed by atoms with Crippen LogP contribution in [0.25, 0.3) is 0 Å². The van der Waals surface area contributed by atoms with Crippen LogP contribution >= 0.6 is 0 Å². The molecule has 0 amide bonds. The lowest BCUT2D eigenvalue weighted by molar-refractivity contribution is 0.0110. The molecule has 0 bridgehead atoms. The summed E-state index contributed by atoms with van der Waals surface area (Å²) in [7, 11) is 12.9. The van der Waals surface area contributed by atoms with Gasteiger partial charge >= 0.3 is 0 Å². The van der Waals surface area contributed by atoms with Crippen LogP contribution in [-0.2, 0) is 89.6 Å². The predicted octanol–water partition coefficient (Wildman–Crippen LogP) is 9.44. The van der Waals surface area contributed by atoms with Gasteiger partial charge in [0.15, 0.2) is 0 Å². The van der Waals surface area contributed by atoms with E-state index in [1.165, 1.54) is 0 Å². The molecule has 23 heteroatoms. The second kappa shape index (κ2) is 34.2. The Morgan fingerprint density at radius 1 is 0.253 bits per heavy atom. The van der Waals surface area contributed by atoms with Crippen molar-refractivity contribution >= 4 is 0 Å². The van der Waals surface area contributed by atoms with Gasteiger partial charge in [0.2, 0.25) is 0 Å². The van der Waals surface area contributed by atoms with E-state index in [1.54, 1.807) is 66.2 Å². The van der Waals surface area contributed by atoms with Gasteiger partial charge in [0, 0.05) is 36.4 Å². The van der Waals surface area contributed by atoms with Crippen molar-refractivity contribution in [3.05, 3.63) is 166 Å².